The minimum Gasteiger partial charge on any atom is -0.130 e. The van der Waals surface area contributed by atoms with Crippen LogP contribution in [0.3, 0.4) is 0 Å². The van der Waals surface area contributed by atoms with Crippen molar-refractivity contribution in [3.05, 3.63) is 0 Å². The Kier molecular flexibility index (Phi) is 11.9. The molecular weight excluding hydrogens is 405 g/mol. The molecule has 0 radical (unpaired) electrons. The summed E-state index contributed by atoms with van der Waals surface area (Å²) in [5.74, 6) is 0. The fourth-order valence-corrected chi connectivity index (χ4v) is 8.37. The molecule has 0 atom stereocenters. The van der Waals surface area contributed by atoms with E-state index in [1.165, 1.54) is 51.4 Å². The summed E-state index contributed by atoms with van der Waals surface area (Å²) in [6.45, 7) is 13.9. The second kappa shape index (κ2) is 12.4. The maximum Gasteiger partial charge on any atom is 0.185 e. The highest BCUT2D eigenvalue weighted by Crippen LogP contribution is 2.48. The fraction of sp³-hybridized carbons (Fsp3) is 0.889. The Morgan fingerprint density at radius 3 is 1.48 bits per heavy atom. The highest BCUT2D eigenvalue weighted by molar-refractivity contribution is 8.78. The Balaban J connectivity index is 2.36. The first-order valence-corrected chi connectivity index (χ1v) is 14.4. The van der Waals surface area contributed by atoms with Crippen molar-refractivity contribution in [3.8, 4) is 0 Å². The van der Waals surface area contributed by atoms with Crippen molar-refractivity contribution in [2.24, 2.45) is 0 Å². The molecule has 1 aromatic rings. The van der Waals surface area contributed by atoms with Gasteiger partial charge in [-0.05, 0) is 62.1 Å². The van der Waals surface area contributed by atoms with Gasteiger partial charge in [-0.2, -0.15) is 0 Å². The highest BCUT2D eigenvalue weighted by Gasteiger charge is 2.22. The smallest absolute Gasteiger partial charge is 0.130 e. The predicted octanol–water partition coefficient (Wildman–Crippen LogP) is 8.74. The minimum absolute atomic E-state index is 0.300. The van der Waals surface area contributed by atoms with Crippen molar-refractivity contribution in [3.63, 3.8) is 0 Å². The summed E-state index contributed by atoms with van der Waals surface area (Å²) in [5, 5.41) is 8.74. The van der Waals surface area contributed by atoms with Crippen LogP contribution in [-0.2, 0) is 0 Å². The monoisotopic (exact) mass is 438 g/mol. The lowest BCUT2D eigenvalue weighted by molar-refractivity contribution is 0.575. The van der Waals surface area contributed by atoms with Gasteiger partial charge in [0.05, 0.1) is 0 Å². The Morgan fingerprint density at radius 2 is 1.12 bits per heavy atom. The summed E-state index contributed by atoms with van der Waals surface area (Å²) in [6.07, 6.45) is 10.4. The second-order valence-electron chi connectivity index (χ2n) is 7.60. The number of hydrogen-bond donors (Lipinski definition) is 0. The van der Waals surface area contributed by atoms with Crippen LogP contribution in [-0.4, -0.2) is 19.7 Å². The van der Waals surface area contributed by atoms with E-state index in [-0.39, 0.29) is 0 Å². The predicted molar refractivity (Wildman–Crippen MR) is 123 cm³/mol. The summed E-state index contributed by atoms with van der Waals surface area (Å²) in [5.41, 5.74) is 0. The molecule has 0 unspecified atom stereocenters. The molecule has 7 heteroatoms. The van der Waals surface area contributed by atoms with Crippen molar-refractivity contribution >= 4 is 54.5 Å². The van der Waals surface area contributed by atoms with Crippen LogP contribution in [0.4, 0.5) is 0 Å². The fourth-order valence-electron chi connectivity index (χ4n) is 2.25. The maximum absolute atomic E-state index is 4.37. The van der Waals surface area contributed by atoms with Gasteiger partial charge in [0.2, 0.25) is 0 Å². The van der Waals surface area contributed by atoms with E-state index in [1.54, 1.807) is 32.9 Å². The zero-order valence-corrected chi connectivity index (χ0v) is 20.7. The molecule has 2 nitrogen and oxygen atoms in total. The summed E-state index contributed by atoms with van der Waals surface area (Å²) >= 11 is 1.73. The number of nitrogens with zero attached hydrogens (tertiary/aromatic N) is 2. The molecule has 0 aliphatic rings. The first-order chi connectivity index (χ1) is 11.8. The van der Waals surface area contributed by atoms with E-state index < -0.39 is 0 Å². The van der Waals surface area contributed by atoms with Crippen molar-refractivity contribution in [2.75, 3.05) is 0 Å². The van der Waals surface area contributed by atoms with Crippen molar-refractivity contribution < 1.29 is 0 Å². The van der Waals surface area contributed by atoms with E-state index in [4.69, 9.17) is 0 Å². The molecule has 25 heavy (non-hydrogen) atoms. The normalized spacial score (nSPS) is 12.7. The molecule has 0 amide bonds. The lowest BCUT2D eigenvalue weighted by Crippen LogP contribution is -2.12. The van der Waals surface area contributed by atoms with Crippen molar-refractivity contribution in [1.29, 1.82) is 0 Å². The zero-order valence-electron chi connectivity index (χ0n) is 16.6. The van der Waals surface area contributed by atoms with E-state index in [2.05, 4.69) is 51.7 Å². The van der Waals surface area contributed by atoms with Gasteiger partial charge >= 0.3 is 0 Å². The molecule has 0 aliphatic carbocycles. The van der Waals surface area contributed by atoms with Crippen LogP contribution in [0.25, 0.3) is 0 Å². The Bertz CT molecular complexity index is 433. The van der Waals surface area contributed by atoms with Gasteiger partial charge < -0.3 is 0 Å². The van der Waals surface area contributed by atoms with Crippen LogP contribution in [0.5, 0.6) is 0 Å². The Hall–Kier alpha value is 0.960. The van der Waals surface area contributed by atoms with E-state index >= 15 is 0 Å². The average molecular weight is 439 g/mol. The number of rotatable bonds is 14. The third-order valence-corrected chi connectivity index (χ3v) is 12.1. The molecule has 0 N–H and O–H groups in total. The van der Waals surface area contributed by atoms with Gasteiger partial charge in [0.15, 0.2) is 8.68 Å². The SMILES string of the molecule is CCCCCC(C)(C)SSc1nnc(SSC(C)(C)CCCCC)s1. The van der Waals surface area contributed by atoms with Gasteiger partial charge in [0.1, 0.15) is 0 Å². The van der Waals surface area contributed by atoms with E-state index in [0.29, 0.717) is 9.49 Å². The molecule has 1 rings (SSSR count). The molecule has 0 saturated carbocycles. The number of unbranched alkanes of at least 4 members (excludes halogenated alkanes) is 4. The topological polar surface area (TPSA) is 25.8 Å². The molecule has 0 aromatic carbocycles. The van der Waals surface area contributed by atoms with E-state index in [1.807, 2.05) is 21.6 Å². The highest BCUT2D eigenvalue weighted by atomic mass is 33.1. The first kappa shape index (κ1) is 24.0. The Labute approximate surface area is 175 Å². The maximum atomic E-state index is 4.37. The molecule has 0 fully saturated rings. The van der Waals surface area contributed by atoms with Crippen molar-refractivity contribution in [2.45, 2.75) is 111 Å². The first-order valence-electron chi connectivity index (χ1n) is 9.33. The standard InChI is InChI=1S/C18H34N2S5/c1-7-9-11-13-17(3,4)24-22-15-19-20-16(21-15)23-25-18(5,6)14-12-10-8-2/h7-14H2,1-6H3. The third kappa shape index (κ3) is 11.4. The molecule has 0 saturated heterocycles. The average Bonchev–Trinajstić information content (AvgIpc) is 3.00. The zero-order chi connectivity index (χ0) is 18.8. The molecule has 1 aromatic heterocycles. The second-order valence-corrected chi connectivity index (χ2v) is 14.7. The molecule has 0 spiro atoms. The lowest BCUT2D eigenvalue weighted by atomic mass is 10.0. The van der Waals surface area contributed by atoms with Gasteiger partial charge in [0.25, 0.3) is 0 Å². The van der Waals surface area contributed by atoms with Gasteiger partial charge in [-0.3, -0.25) is 0 Å². The number of aromatic nitrogens is 2. The van der Waals surface area contributed by atoms with Crippen LogP contribution in [0.2, 0.25) is 0 Å². The summed E-state index contributed by atoms with van der Waals surface area (Å²) in [7, 11) is 7.47. The summed E-state index contributed by atoms with van der Waals surface area (Å²) < 4.78 is 2.77. The molecular formula is C18H34N2S5. The summed E-state index contributed by atoms with van der Waals surface area (Å²) in [6, 6.07) is 0. The van der Waals surface area contributed by atoms with Crippen LogP contribution in [0.1, 0.15) is 92.9 Å². The third-order valence-electron chi connectivity index (χ3n) is 3.83. The lowest BCUT2D eigenvalue weighted by Gasteiger charge is -2.22. The van der Waals surface area contributed by atoms with Gasteiger partial charge in [-0.1, -0.05) is 85.3 Å². The molecule has 0 aliphatic heterocycles. The van der Waals surface area contributed by atoms with E-state index in [0.717, 1.165) is 8.68 Å². The van der Waals surface area contributed by atoms with Gasteiger partial charge in [-0.25, -0.2) is 0 Å². The van der Waals surface area contributed by atoms with Gasteiger partial charge in [-0.15, -0.1) is 10.2 Å². The van der Waals surface area contributed by atoms with Crippen LogP contribution in [0.15, 0.2) is 8.68 Å². The number of hydrogen-bond acceptors (Lipinski definition) is 7. The van der Waals surface area contributed by atoms with E-state index in [9.17, 15) is 0 Å². The minimum atomic E-state index is 0.300. The van der Waals surface area contributed by atoms with Crippen LogP contribution < -0.4 is 0 Å². The molecule has 1 heterocycles. The largest absolute Gasteiger partial charge is 0.185 e. The molecule has 0 bridgehead atoms. The van der Waals surface area contributed by atoms with Crippen LogP contribution >= 0.6 is 54.5 Å². The molecule has 146 valence electrons. The van der Waals surface area contributed by atoms with Crippen molar-refractivity contribution in [1.82, 2.24) is 10.2 Å². The Morgan fingerprint density at radius 1 is 0.720 bits per heavy atom. The summed E-state index contributed by atoms with van der Waals surface area (Å²) in [4.78, 5) is 0. The quantitative estimate of drug-likeness (QED) is 0.213. The van der Waals surface area contributed by atoms with Crippen LogP contribution in [0, 0.1) is 0 Å². The van der Waals surface area contributed by atoms with Gasteiger partial charge in [0, 0.05) is 9.49 Å².